The molecule has 7 heteroatoms. The van der Waals surface area contributed by atoms with Crippen LogP contribution >= 0.6 is 0 Å². The van der Waals surface area contributed by atoms with Gasteiger partial charge in [0.05, 0.1) is 0 Å². The molecule has 0 aliphatic heterocycles. The third kappa shape index (κ3) is 4.15. The number of carbonyl (C=O) groups is 1. The zero-order valence-electron chi connectivity index (χ0n) is 15.0. The average Bonchev–Trinajstić information content (AvgIpc) is 3.22. The number of aromatic nitrogens is 3. The first-order valence-corrected chi connectivity index (χ1v) is 8.89. The lowest BCUT2D eigenvalue weighted by atomic mass is 10.2. The number of nitrogens with zero attached hydrogens (tertiary/aromatic N) is 3. The number of carbonyl (C=O) groups excluding carboxylic acids is 1. The molecule has 4 aromatic rings. The lowest BCUT2D eigenvalue weighted by molar-refractivity contribution is 0.0944. The molecule has 1 N–H and O–H groups in total. The van der Waals surface area contributed by atoms with E-state index < -0.39 is 0 Å². The minimum Gasteiger partial charge on any atom is -0.483 e. The van der Waals surface area contributed by atoms with Crippen molar-refractivity contribution in [2.45, 2.75) is 13.0 Å². The normalized spacial score (nSPS) is 10.7. The van der Waals surface area contributed by atoms with E-state index >= 15 is 0 Å². The van der Waals surface area contributed by atoms with Crippen LogP contribution in [0.3, 0.4) is 0 Å². The van der Waals surface area contributed by atoms with Crippen molar-refractivity contribution < 1.29 is 14.1 Å². The van der Waals surface area contributed by atoms with Crippen LogP contribution in [0.5, 0.6) is 5.75 Å². The lowest BCUT2D eigenvalue weighted by Crippen LogP contribution is -2.25. The second-order valence-electron chi connectivity index (χ2n) is 6.16. The number of benzene rings is 1. The molecule has 0 unspecified atom stereocenters. The molecule has 1 aromatic carbocycles. The van der Waals surface area contributed by atoms with E-state index in [0.29, 0.717) is 18.1 Å². The van der Waals surface area contributed by atoms with Gasteiger partial charge in [0.1, 0.15) is 17.9 Å². The Morgan fingerprint density at radius 2 is 1.93 bits per heavy atom. The molecule has 0 saturated heterocycles. The molecule has 0 bridgehead atoms. The topological polar surface area (TPSA) is 90.1 Å². The summed E-state index contributed by atoms with van der Waals surface area (Å²) in [5.74, 6) is 0.834. The Hall–Kier alpha value is -3.74. The summed E-state index contributed by atoms with van der Waals surface area (Å²) in [7, 11) is 0. The summed E-state index contributed by atoms with van der Waals surface area (Å²) < 4.78 is 11.0. The summed E-state index contributed by atoms with van der Waals surface area (Å²) in [6.45, 7) is 0.663. The molecule has 0 spiro atoms. The molecule has 0 atom stereocenters. The van der Waals surface area contributed by atoms with Crippen molar-refractivity contribution in [3.05, 3.63) is 84.1 Å². The summed E-state index contributed by atoms with van der Waals surface area (Å²) in [6.07, 6.45) is 5.90. The largest absolute Gasteiger partial charge is 0.483 e. The molecule has 0 aliphatic carbocycles. The number of para-hydroxylation sites is 1. The molecule has 7 nitrogen and oxygen atoms in total. The second-order valence-corrected chi connectivity index (χ2v) is 6.16. The molecule has 0 fully saturated rings. The van der Waals surface area contributed by atoms with Gasteiger partial charge in [-0.2, -0.15) is 0 Å². The van der Waals surface area contributed by atoms with Gasteiger partial charge in [0.25, 0.3) is 5.91 Å². The average molecular weight is 374 g/mol. The minimum atomic E-state index is -0.282. The van der Waals surface area contributed by atoms with Gasteiger partial charge in [0, 0.05) is 36.6 Å². The fourth-order valence-corrected chi connectivity index (χ4v) is 2.79. The monoisotopic (exact) mass is 374 g/mol. The fraction of sp³-hybridized carbons (Fsp3) is 0.143. The van der Waals surface area contributed by atoms with Gasteiger partial charge >= 0.3 is 0 Å². The highest BCUT2D eigenvalue weighted by Crippen LogP contribution is 2.23. The van der Waals surface area contributed by atoms with Gasteiger partial charge in [-0.15, -0.1) is 0 Å². The van der Waals surface area contributed by atoms with E-state index in [2.05, 4.69) is 20.4 Å². The number of ether oxygens (including phenoxy) is 1. The van der Waals surface area contributed by atoms with Crippen molar-refractivity contribution in [3.8, 4) is 5.75 Å². The van der Waals surface area contributed by atoms with Crippen molar-refractivity contribution in [3.63, 3.8) is 0 Å². The van der Waals surface area contributed by atoms with Crippen LogP contribution < -0.4 is 10.1 Å². The molecule has 4 rings (SSSR count). The minimum absolute atomic E-state index is 0.160. The number of rotatable bonds is 7. The predicted molar refractivity (Wildman–Crippen MR) is 103 cm³/mol. The first kappa shape index (κ1) is 17.7. The van der Waals surface area contributed by atoms with Crippen molar-refractivity contribution in [1.82, 2.24) is 20.4 Å². The number of hydrogen-bond acceptors (Lipinski definition) is 6. The Labute approximate surface area is 161 Å². The van der Waals surface area contributed by atoms with Crippen LogP contribution in [-0.2, 0) is 13.0 Å². The number of nitrogens with one attached hydrogen (secondary N) is 1. The smallest absolute Gasteiger partial charge is 0.273 e. The van der Waals surface area contributed by atoms with Gasteiger partial charge in [-0.05, 0) is 36.2 Å². The Kier molecular flexibility index (Phi) is 5.24. The van der Waals surface area contributed by atoms with Crippen LogP contribution in [-0.4, -0.2) is 27.6 Å². The van der Waals surface area contributed by atoms with Crippen LogP contribution in [0.1, 0.15) is 21.8 Å². The SMILES string of the molecule is O=C(NCCc1ccncc1)c1cc(COc2cccc3cccnc23)on1. The fourth-order valence-electron chi connectivity index (χ4n) is 2.79. The maximum absolute atomic E-state index is 12.2. The second kappa shape index (κ2) is 8.30. The summed E-state index contributed by atoms with van der Waals surface area (Å²) in [5.41, 5.74) is 2.11. The zero-order valence-corrected chi connectivity index (χ0v) is 15.0. The number of fused-ring (bicyclic) bond motifs is 1. The summed E-state index contributed by atoms with van der Waals surface area (Å²) in [6, 6.07) is 15.0. The third-order valence-corrected chi connectivity index (χ3v) is 4.21. The number of hydrogen-bond donors (Lipinski definition) is 1. The van der Waals surface area contributed by atoms with Gasteiger partial charge in [-0.25, -0.2) is 0 Å². The Bertz CT molecular complexity index is 1070. The molecular weight excluding hydrogens is 356 g/mol. The van der Waals surface area contributed by atoms with Crippen molar-refractivity contribution in [2.75, 3.05) is 6.54 Å². The zero-order chi connectivity index (χ0) is 19.2. The Morgan fingerprint density at radius 1 is 1.07 bits per heavy atom. The molecule has 3 aromatic heterocycles. The highest BCUT2D eigenvalue weighted by atomic mass is 16.5. The molecule has 3 heterocycles. The lowest BCUT2D eigenvalue weighted by Gasteiger charge is -2.06. The van der Waals surface area contributed by atoms with Crippen LogP contribution in [0.4, 0.5) is 0 Å². The molecule has 0 radical (unpaired) electrons. The third-order valence-electron chi connectivity index (χ3n) is 4.21. The van der Waals surface area contributed by atoms with Crippen LogP contribution in [0.15, 0.2) is 71.6 Å². The molecule has 140 valence electrons. The van der Waals surface area contributed by atoms with E-state index in [-0.39, 0.29) is 18.2 Å². The van der Waals surface area contributed by atoms with Gasteiger partial charge in [-0.1, -0.05) is 23.4 Å². The molecular formula is C21H18N4O3. The highest BCUT2D eigenvalue weighted by Gasteiger charge is 2.13. The van der Waals surface area contributed by atoms with Crippen LogP contribution in [0, 0.1) is 0 Å². The quantitative estimate of drug-likeness (QED) is 0.534. The van der Waals surface area contributed by atoms with E-state index in [1.54, 1.807) is 24.7 Å². The summed E-state index contributed by atoms with van der Waals surface area (Å²) >= 11 is 0. The van der Waals surface area contributed by atoms with Crippen molar-refractivity contribution in [2.24, 2.45) is 0 Å². The first-order valence-electron chi connectivity index (χ1n) is 8.89. The van der Waals surface area contributed by atoms with Crippen LogP contribution in [0.25, 0.3) is 10.9 Å². The molecule has 0 aliphatic rings. The number of pyridine rings is 2. The standard InChI is InChI=1S/C21H18N4O3/c26-21(24-12-8-15-6-10-22-11-7-15)18-13-17(28-25-18)14-27-19-5-1-3-16-4-2-9-23-20(16)19/h1-7,9-11,13H,8,12,14H2,(H,24,26). The van der Waals surface area contributed by atoms with E-state index in [1.165, 1.54) is 0 Å². The van der Waals surface area contributed by atoms with Gasteiger partial charge < -0.3 is 14.6 Å². The molecule has 28 heavy (non-hydrogen) atoms. The Balaban J connectivity index is 1.33. The highest BCUT2D eigenvalue weighted by molar-refractivity contribution is 5.92. The maximum atomic E-state index is 12.2. The predicted octanol–water partition coefficient (Wildman–Crippen LogP) is 3.17. The van der Waals surface area contributed by atoms with E-state index in [1.807, 2.05) is 42.5 Å². The first-order chi connectivity index (χ1) is 13.8. The van der Waals surface area contributed by atoms with E-state index in [9.17, 15) is 4.79 Å². The molecule has 0 saturated carbocycles. The van der Waals surface area contributed by atoms with Gasteiger partial charge in [0.15, 0.2) is 11.5 Å². The van der Waals surface area contributed by atoms with Crippen LogP contribution in [0.2, 0.25) is 0 Å². The maximum Gasteiger partial charge on any atom is 0.273 e. The molecule has 1 amide bonds. The van der Waals surface area contributed by atoms with Gasteiger partial charge in [-0.3, -0.25) is 14.8 Å². The summed E-state index contributed by atoms with van der Waals surface area (Å²) in [5, 5.41) is 7.64. The summed E-state index contributed by atoms with van der Waals surface area (Å²) in [4.78, 5) is 20.5. The van der Waals surface area contributed by atoms with E-state index in [0.717, 1.165) is 22.9 Å². The van der Waals surface area contributed by atoms with Crippen molar-refractivity contribution in [1.29, 1.82) is 0 Å². The van der Waals surface area contributed by atoms with E-state index in [4.69, 9.17) is 9.26 Å². The van der Waals surface area contributed by atoms with Gasteiger partial charge in [0.2, 0.25) is 0 Å². The number of amides is 1. The Morgan fingerprint density at radius 3 is 2.82 bits per heavy atom. The van der Waals surface area contributed by atoms with Crippen molar-refractivity contribution >= 4 is 16.8 Å².